The largest absolute Gasteiger partial charge is 0.286 e. The van der Waals surface area contributed by atoms with Crippen LogP contribution in [0.15, 0.2) is 103 Å². The summed E-state index contributed by atoms with van der Waals surface area (Å²) < 4.78 is 0.911. The Morgan fingerprint density at radius 2 is 0.909 bits per heavy atom. The van der Waals surface area contributed by atoms with Gasteiger partial charge in [0.1, 0.15) is 19.6 Å². The quantitative estimate of drug-likeness (QED) is 0.163. The molecule has 0 aliphatic carbocycles. The summed E-state index contributed by atoms with van der Waals surface area (Å²) in [6, 6.07) is 33.0. The predicted octanol–water partition coefficient (Wildman–Crippen LogP) is 9.06. The number of allylic oxidation sites excluding steroid dienone is 1. The highest BCUT2D eigenvalue weighted by molar-refractivity contribution is 5.17. The van der Waals surface area contributed by atoms with Crippen molar-refractivity contribution >= 4 is 0 Å². The Balaban J connectivity index is 1.76. The van der Waals surface area contributed by atoms with Crippen LogP contribution in [-0.4, -0.2) is 4.48 Å². The monoisotopic (exact) mass is 440 g/mol. The summed E-state index contributed by atoms with van der Waals surface area (Å²) in [6.45, 7) is 5.28. The second-order valence-electron chi connectivity index (χ2n) is 9.44. The van der Waals surface area contributed by atoms with Crippen molar-refractivity contribution in [1.29, 1.82) is 0 Å². The van der Waals surface area contributed by atoms with E-state index < -0.39 is 0 Å². The van der Waals surface area contributed by atoms with Crippen LogP contribution in [0, 0.1) is 0 Å². The van der Waals surface area contributed by atoms with Gasteiger partial charge in [0, 0.05) is 16.7 Å². The van der Waals surface area contributed by atoms with Crippen LogP contribution in [0.25, 0.3) is 0 Å². The normalized spacial score (nSPS) is 11.8. The molecule has 0 N–H and O–H groups in total. The molecule has 1 nitrogen and oxygen atoms in total. The number of hydrogen-bond donors (Lipinski definition) is 0. The predicted molar refractivity (Wildman–Crippen MR) is 142 cm³/mol. The lowest BCUT2D eigenvalue weighted by molar-refractivity contribution is -0.919. The minimum absolute atomic E-state index is 0.911. The number of unbranched alkanes of at least 4 members (excludes halogenated alkanes) is 7. The fourth-order valence-corrected chi connectivity index (χ4v) is 4.68. The van der Waals surface area contributed by atoms with E-state index in [0.717, 1.165) is 24.1 Å². The lowest BCUT2D eigenvalue weighted by Crippen LogP contribution is -2.40. The van der Waals surface area contributed by atoms with Crippen molar-refractivity contribution in [3.8, 4) is 0 Å². The van der Waals surface area contributed by atoms with Crippen LogP contribution in [0.5, 0.6) is 0 Å². The summed E-state index contributed by atoms with van der Waals surface area (Å²) in [5, 5.41) is 0. The topological polar surface area (TPSA) is 0 Å². The van der Waals surface area contributed by atoms with E-state index in [1.54, 1.807) is 0 Å². The van der Waals surface area contributed by atoms with Gasteiger partial charge in [-0.15, -0.1) is 0 Å². The minimum Gasteiger partial charge on any atom is -0.286 e. The highest BCUT2D eigenvalue weighted by atomic mass is 15.3. The highest BCUT2D eigenvalue weighted by Gasteiger charge is 2.26. The second-order valence-corrected chi connectivity index (χ2v) is 9.44. The van der Waals surface area contributed by atoms with Crippen LogP contribution in [0.4, 0.5) is 0 Å². The third-order valence-corrected chi connectivity index (χ3v) is 6.42. The molecule has 0 atom stereocenters. The first kappa shape index (κ1) is 25.0. The molecule has 0 saturated carbocycles. The van der Waals surface area contributed by atoms with E-state index in [0.29, 0.717) is 0 Å². The van der Waals surface area contributed by atoms with Gasteiger partial charge >= 0.3 is 0 Å². The lowest BCUT2D eigenvalue weighted by atomic mass is 10.1. The second kappa shape index (κ2) is 14.5. The Bertz CT molecular complexity index is 798. The molecule has 0 aliphatic heterocycles. The minimum atomic E-state index is 0.911. The van der Waals surface area contributed by atoms with Gasteiger partial charge < -0.3 is 0 Å². The van der Waals surface area contributed by atoms with Gasteiger partial charge in [0.15, 0.2) is 0 Å². The molecule has 174 valence electrons. The molecule has 1 heteroatoms. The SMILES string of the molecule is CCCCCCCCC/C=C/[N+](Cc1ccccc1)(Cc1ccccc1)Cc1ccccc1. The zero-order valence-corrected chi connectivity index (χ0v) is 20.5. The first-order valence-electron chi connectivity index (χ1n) is 12.9. The van der Waals surface area contributed by atoms with E-state index in [1.807, 2.05) is 0 Å². The third-order valence-electron chi connectivity index (χ3n) is 6.42. The van der Waals surface area contributed by atoms with Gasteiger partial charge in [0.05, 0.1) is 6.20 Å². The molecule has 3 aromatic carbocycles. The van der Waals surface area contributed by atoms with Crippen molar-refractivity contribution < 1.29 is 4.48 Å². The average molecular weight is 441 g/mol. The summed E-state index contributed by atoms with van der Waals surface area (Å²) in [7, 11) is 0. The molecule has 33 heavy (non-hydrogen) atoms. The van der Waals surface area contributed by atoms with E-state index in [9.17, 15) is 0 Å². The Kier molecular flexibility index (Phi) is 11.0. The maximum Gasteiger partial charge on any atom is 0.109 e. The fourth-order valence-electron chi connectivity index (χ4n) is 4.68. The zero-order chi connectivity index (χ0) is 23.0. The number of hydrogen-bond acceptors (Lipinski definition) is 0. The van der Waals surface area contributed by atoms with Gasteiger partial charge in [-0.1, -0.05) is 136 Å². The maximum absolute atomic E-state index is 2.50. The van der Waals surface area contributed by atoms with Crippen molar-refractivity contribution in [2.75, 3.05) is 0 Å². The van der Waals surface area contributed by atoms with E-state index >= 15 is 0 Å². The van der Waals surface area contributed by atoms with Gasteiger partial charge in [-0.3, -0.25) is 4.48 Å². The van der Waals surface area contributed by atoms with Gasteiger partial charge in [-0.2, -0.15) is 0 Å². The molecule has 0 amide bonds. The maximum atomic E-state index is 2.50. The molecule has 0 fully saturated rings. The Hall–Kier alpha value is -2.64. The molecule has 0 radical (unpaired) electrons. The number of rotatable bonds is 15. The summed E-state index contributed by atoms with van der Waals surface area (Å²) in [5.74, 6) is 0. The smallest absolute Gasteiger partial charge is 0.109 e. The number of nitrogens with zero attached hydrogens (tertiary/aromatic N) is 1. The average Bonchev–Trinajstić information content (AvgIpc) is 2.85. The summed E-state index contributed by atoms with van der Waals surface area (Å²) in [5.41, 5.74) is 4.18. The van der Waals surface area contributed by atoms with Crippen molar-refractivity contribution in [3.05, 3.63) is 120 Å². The Morgan fingerprint density at radius 1 is 0.515 bits per heavy atom. The van der Waals surface area contributed by atoms with E-state index in [2.05, 4.69) is 110 Å². The van der Waals surface area contributed by atoms with Crippen molar-refractivity contribution in [2.24, 2.45) is 0 Å². The molecule has 0 spiro atoms. The molecule has 3 aromatic rings. The van der Waals surface area contributed by atoms with Crippen molar-refractivity contribution in [1.82, 2.24) is 0 Å². The van der Waals surface area contributed by atoms with Crippen molar-refractivity contribution in [3.63, 3.8) is 0 Å². The van der Waals surface area contributed by atoms with Crippen LogP contribution in [0.3, 0.4) is 0 Å². The molecule has 0 bridgehead atoms. The van der Waals surface area contributed by atoms with E-state index in [4.69, 9.17) is 0 Å². The van der Waals surface area contributed by atoms with Crippen LogP contribution >= 0.6 is 0 Å². The molecular weight excluding hydrogens is 398 g/mol. The fraction of sp³-hybridized carbons (Fsp3) is 0.375. The molecule has 0 heterocycles. The van der Waals surface area contributed by atoms with E-state index in [1.165, 1.54) is 68.1 Å². The number of benzene rings is 3. The third kappa shape index (κ3) is 9.40. The molecule has 0 saturated heterocycles. The number of quaternary nitrogens is 1. The zero-order valence-electron chi connectivity index (χ0n) is 20.5. The van der Waals surface area contributed by atoms with Gasteiger partial charge in [0.25, 0.3) is 0 Å². The molecule has 0 aromatic heterocycles. The standard InChI is InChI=1S/C32H42N/c1-2-3-4-5-6-7-8-9-19-26-33(27-30-20-13-10-14-21-30,28-31-22-15-11-16-23-31)29-32-24-17-12-18-25-32/h10-26H,2-9,27-29H2,1H3/q+1/b26-19+. The lowest BCUT2D eigenvalue weighted by Gasteiger charge is -2.36. The Labute approximate surface area is 202 Å². The molecular formula is C32H42N+. The molecule has 3 rings (SSSR count). The van der Waals surface area contributed by atoms with Gasteiger partial charge in [-0.25, -0.2) is 0 Å². The summed E-state index contributed by atoms with van der Waals surface area (Å²) >= 11 is 0. The van der Waals surface area contributed by atoms with Crippen LogP contribution < -0.4 is 0 Å². The van der Waals surface area contributed by atoms with Gasteiger partial charge in [0.2, 0.25) is 0 Å². The van der Waals surface area contributed by atoms with Gasteiger partial charge in [-0.05, 0) is 18.9 Å². The van der Waals surface area contributed by atoms with Crippen LogP contribution in [0.1, 0.15) is 75.0 Å². The Morgan fingerprint density at radius 3 is 1.33 bits per heavy atom. The first-order chi connectivity index (χ1) is 16.3. The van der Waals surface area contributed by atoms with Crippen molar-refractivity contribution in [2.45, 2.75) is 77.9 Å². The summed E-state index contributed by atoms with van der Waals surface area (Å²) in [4.78, 5) is 0. The molecule has 0 unspecified atom stereocenters. The summed E-state index contributed by atoms with van der Waals surface area (Å²) in [6.07, 6.45) is 15.7. The van der Waals surface area contributed by atoms with E-state index in [-0.39, 0.29) is 0 Å². The van der Waals surface area contributed by atoms with Crippen LogP contribution in [-0.2, 0) is 19.6 Å². The highest BCUT2D eigenvalue weighted by Crippen LogP contribution is 2.25. The molecule has 0 aliphatic rings. The van der Waals surface area contributed by atoms with Crippen LogP contribution in [0.2, 0.25) is 0 Å². The first-order valence-corrected chi connectivity index (χ1v) is 12.9.